The third kappa shape index (κ3) is 2.93. The summed E-state index contributed by atoms with van der Waals surface area (Å²) in [5.74, 6) is -0.314. The zero-order valence-corrected chi connectivity index (χ0v) is 11.2. The second-order valence-corrected chi connectivity index (χ2v) is 4.48. The van der Waals surface area contributed by atoms with Crippen LogP contribution in [-0.4, -0.2) is 12.8 Å². The molecule has 19 heavy (non-hydrogen) atoms. The minimum atomic E-state index is -0.314. The van der Waals surface area contributed by atoms with Gasteiger partial charge in [-0.15, -0.1) is 0 Å². The fourth-order valence-electron chi connectivity index (χ4n) is 1.99. The summed E-state index contributed by atoms with van der Waals surface area (Å²) >= 11 is 5.98. The molecule has 98 valence electrons. The number of halogens is 2. The van der Waals surface area contributed by atoms with Crippen molar-refractivity contribution in [3.63, 3.8) is 0 Å². The summed E-state index contributed by atoms with van der Waals surface area (Å²) in [6.45, 7) is 2.53. The van der Waals surface area contributed by atoms with E-state index in [0.717, 1.165) is 6.29 Å². The van der Waals surface area contributed by atoms with E-state index < -0.39 is 0 Å². The van der Waals surface area contributed by atoms with Crippen LogP contribution in [0.4, 0.5) is 15.8 Å². The smallest absolute Gasteiger partial charge is 0.152 e. The lowest BCUT2D eigenvalue weighted by molar-refractivity contribution is 0.112. The molecule has 0 atom stereocenters. The fourth-order valence-corrected chi connectivity index (χ4v) is 2.15. The molecule has 0 heterocycles. The SMILES string of the molecule is CCN(c1cccc(F)c1)c1cc(Cl)ccc1C=O. The maximum Gasteiger partial charge on any atom is 0.152 e. The quantitative estimate of drug-likeness (QED) is 0.770. The molecule has 0 spiro atoms. The number of benzene rings is 2. The lowest BCUT2D eigenvalue weighted by atomic mass is 10.1. The Balaban J connectivity index is 2.53. The molecule has 0 aliphatic rings. The summed E-state index contributed by atoms with van der Waals surface area (Å²) in [7, 11) is 0. The van der Waals surface area contributed by atoms with Crippen molar-refractivity contribution in [1.29, 1.82) is 0 Å². The minimum absolute atomic E-state index is 0.314. The molecule has 0 saturated heterocycles. The number of carbonyl (C=O) groups is 1. The number of anilines is 2. The Bertz CT molecular complexity index is 600. The number of hydrogen-bond acceptors (Lipinski definition) is 2. The van der Waals surface area contributed by atoms with Gasteiger partial charge in [-0.2, -0.15) is 0 Å². The molecule has 0 radical (unpaired) electrons. The van der Waals surface area contributed by atoms with Gasteiger partial charge in [-0.3, -0.25) is 4.79 Å². The van der Waals surface area contributed by atoms with Crippen LogP contribution in [0.15, 0.2) is 42.5 Å². The standard InChI is InChI=1S/C15H13ClFNO/c1-2-18(14-5-3-4-13(17)9-14)15-8-12(16)7-6-11(15)10-19/h3-10H,2H2,1H3. The van der Waals surface area contributed by atoms with Crippen LogP contribution in [0, 0.1) is 5.82 Å². The van der Waals surface area contributed by atoms with E-state index in [-0.39, 0.29) is 5.82 Å². The number of hydrogen-bond donors (Lipinski definition) is 0. The van der Waals surface area contributed by atoms with Crippen LogP contribution in [0.5, 0.6) is 0 Å². The monoisotopic (exact) mass is 277 g/mol. The van der Waals surface area contributed by atoms with E-state index in [1.54, 1.807) is 30.3 Å². The molecule has 0 aliphatic heterocycles. The van der Waals surface area contributed by atoms with E-state index in [0.29, 0.717) is 28.5 Å². The molecular formula is C15H13ClFNO. The lowest BCUT2D eigenvalue weighted by Crippen LogP contribution is -2.17. The second-order valence-electron chi connectivity index (χ2n) is 4.05. The number of nitrogens with zero attached hydrogens (tertiary/aromatic N) is 1. The maximum absolute atomic E-state index is 13.3. The first-order chi connectivity index (χ1) is 9.15. The van der Waals surface area contributed by atoms with E-state index in [1.165, 1.54) is 12.1 Å². The number of aldehydes is 1. The van der Waals surface area contributed by atoms with Gasteiger partial charge in [0.05, 0.1) is 5.69 Å². The first kappa shape index (κ1) is 13.6. The summed E-state index contributed by atoms with van der Waals surface area (Å²) < 4.78 is 13.3. The molecule has 0 aliphatic carbocycles. The Morgan fingerprint density at radius 2 is 2.05 bits per heavy atom. The molecule has 2 rings (SSSR count). The van der Waals surface area contributed by atoms with Crippen LogP contribution < -0.4 is 4.90 Å². The molecule has 2 nitrogen and oxygen atoms in total. The Morgan fingerprint density at radius 3 is 2.68 bits per heavy atom. The summed E-state index contributed by atoms with van der Waals surface area (Å²) in [6.07, 6.45) is 0.771. The normalized spacial score (nSPS) is 10.3. The molecule has 0 saturated carbocycles. The van der Waals surface area contributed by atoms with Gasteiger partial charge >= 0.3 is 0 Å². The van der Waals surface area contributed by atoms with Crippen molar-refractivity contribution in [3.05, 3.63) is 58.9 Å². The van der Waals surface area contributed by atoms with Gasteiger partial charge in [0.1, 0.15) is 5.82 Å². The van der Waals surface area contributed by atoms with Gasteiger partial charge in [0.15, 0.2) is 6.29 Å². The average Bonchev–Trinajstić information content (AvgIpc) is 2.40. The van der Waals surface area contributed by atoms with Crippen LogP contribution in [0.1, 0.15) is 17.3 Å². The Hall–Kier alpha value is -1.87. The van der Waals surface area contributed by atoms with Crippen molar-refractivity contribution < 1.29 is 9.18 Å². The van der Waals surface area contributed by atoms with E-state index >= 15 is 0 Å². The highest BCUT2D eigenvalue weighted by Crippen LogP contribution is 2.30. The highest BCUT2D eigenvalue weighted by atomic mass is 35.5. The first-order valence-corrected chi connectivity index (χ1v) is 6.31. The molecular weight excluding hydrogens is 265 g/mol. The third-order valence-electron chi connectivity index (χ3n) is 2.85. The molecule has 2 aromatic carbocycles. The van der Waals surface area contributed by atoms with Gasteiger partial charge in [0, 0.05) is 22.8 Å². The Labute approximate surface area is 116 Å². The van der Waals surface area contributed by atoms with E-state index in [2.05, 4.69) is 0 Å². The third-order valence-corrected chi connectivity index (χ3v) is 3.08. The second kappa shape index (κ2) is 5.85. The van der Waals surface area contributed by atoms with Crippen LogP contribution in [0.3, 0.4) is 0 Å². The van der Waals surface area contributed by atoms with Gasteiger partial charge in [-0.25, -0.2) is 4.39 Å². The first-order valence-electron chi connectivity index (χ1n) is 5.93. The predicted octanol–water partition coefficient (Wildman–Crippen LogP) is 4.45. The van der Waals surface area contributed by atoms with E-state index in [4.69, 9.17) is 11.6 Å². The highest BCUT2D eigenvalue weighted by Gasteiger charge is 2.12. The molecule has 4 heteroatoms. The highest BCUT2D eigenvalue weighted by molar-refractivity contribution is 6.31. The fraction of sp³-hybridized carbons (Fsp3) is 0.133. The van der Waals surface area contributed by atoms with Crippen molar-refractivity contribution in [3.8, 4) is 0 Å². The van der Waals surface area contributed by atoms with Gasteiger partial charge in [0.2, 0.25) is 0 Å². The largest absolute Gasteiger partial charge is 0.341 e. The van der Waals surface area contributed by atoms with Crippen molar-refractivity contribution in [2.24, 2.45) is 0 Å². The van der Waals surface area contributed by atoms with Gasteiger partial charge < -0.3 is 4.90 Å². The van der Waals surface area contributed by atoms with Gasteiger partial charge in [-0.05, 0) is 43.3 Å². The molecule has 0 aromatic heterocycles. The lowest BCUT2D eigenvalue weighted by Gasteiger charge is -2.25. The Kier molecular flexibility index (Phi) is 4.17. The van der Waals surface area contributed by atoms with Crippen molar-refractivity contribution >= 4 is 29.3 Å². The Morgan fingerprint density at radius 1 is 1.26 bits per heavy atom. The van der Waals surface area contributed by atoms with E-state index in [9.17, 15) is 9.18 Å². The zero-order chi connectivity index (χ0) is 13.8. The van der Waals surface area contributed by atoms with Crippen LogP contribution >= 0.6 is 11.6 Å². The summed E-state index contributed by atoms with van der Waals surface area (Å²) in [4.78, 5) is 13.0. The zero-order valence-electron chi connectivity index (χ0n) is 10.4. The van der Waals surface area contributed by atoms with Crippen LogP contribution in [0.25, 0.3) is 0 Å². The van der Waals surface area contributed by atoms with E-state index in [1.807, 2.05) is 11.8 Å². The molecule has 0 unspecified atom stereocenters. The molecule has 0 bridgehead atoms. The summed E-state index contributed by atoms with van der Waals surface area (Å²) in [5.41, 5.74) is 1.89. The van der Waals surface area contributed by atoms with Crippen molar-refractivity contribution in [2.45, 2.75) is 6.92 Å². The summed E-state index contributed by atoms with van der Waals surface area (Å²) in [5, 5.41) is 0.537. The average molecular weight is 278 g/mol. The maximum atomic E-state index is 13.3. The summed E-state index contributed by atoms with van der Waals surface area (Å²) in [6, 6.07) is 11.3. The molecule has 0 fully saturated rings. The number of rotatable bonds is 4. The minimum Gasteiger partial charge on any atom is -0.341 e. The van der Waals surface area contributed by atoms with Crippen LogP contribution in [0.2, 0.25) is 5.02 Å². The van der Waals surface area contributed by atoms with Crippen LogP contribution in [-0.2, 0) is 0 Å². The van der Waals surface area contributed by atoms with Gasteiger partial charge in [-0.1, -0.05) is 17.7 Å². The van der Waals surface area contributed by atoms with Gasteiger partial charge in [0.25, 0.3) is 0 Å². The molecule has 0 amide bonds. The molecule has 0 N–H and O–H groups in total. The van der Waals surface area contributed by atoms with Crippen molar-refractivity contribution in [2.75, 3.05) is 11.4 Å². The predicted molar refractivity (Wildman–Crippen MR) is 75.9 cm³/mol. The molecule has 2 aromatic rings. The topological polar surface area (TPSA) is 20.3 Å². The van der Waals surface area contributed by atoms with Crippen molar-refractivity contribution in [1.82, 2.24) is 0 Å². The number of carbonyl (C=O) groups excluding carboxylic acids is 1.